The standard InChI is InChI=1S/C24H24N4O2S/c1-16(2)14-26-24-28(27-17(3)19-8-6-18(13-25)7-9-19)22(15-31-24)21-11-10-20(29-4)12-23(21)30-5/h6-12,15H,1,14H2,2-5H3. The molecule has 0 saturated carbocycles. The minimum Gasteiger partial charge on any atom is -0.497 e. The molecule has 1 heterocycles. The molecule has 0 N–H and O–H groups in total. The third-order valence-electron chi connectivity index (χ3n) is 4.54. The van der Waals surface area contributed by atoms with Gasteiger partial charge in [0.25, 0.3) is 0 Å². The van der Waals surface area contributed by atoms with Crippen molar-refractivity contribution < 1.29 is 9.47 Å². The van der Waals surface area contributed by atoms with Gasteiger partial charge >= 0.3 is 0 Å². The topological polar surface area (TPSA) is 71.9 Å². The van der Waals surface area contributed by atoms with E-state index < -0.39 is 0 Å². The lowest BCUT2D eigenvalue weighted by atomic mass is 10.1. The maximum absolute atomic E-state index is 9.04. The quantitative estimate of drug-likeness (QED) is 0.396. The summed E-state index contributed by atoms with van der Waals surface area (Å²) in [7, 11) is 3.26. The highest BCUT2D eigenvalue weighted by Gasteiger charge is 2.14. The Morgan fingerprint density at radius 1 is 1.13 bits per heavy atom. The molecule has 0 unspecified atom stereocenters. The van der Waals surface area contributed by atoms with Gasteiger partial charge in [-0.05, 0) is 43.7 Å². The fourth-order valence-corrected chi connectivity index (χ4v) is 3.72. The molecular formula is C24H24N4O2S. The smallest absolute Gasteiger partial charge is 0.206 e. The summed E-state index contributed by atoms with van der Waals surface area (Å²) in [5, 5.41) is 15.9. The van der Waals surface area contributed by atoms with E-state index in [1.54, 1.807) is 26.4 Å². The van der Waals surface area contributed by atoms with Crippen LogP contribution in [0.15, 0.2) is 70.1 Å². The molecule has 0 bridgehead atoms. The lowest BCUT2D eigenvalue weighted by Gasteiger charge is -2.11. The fraction of sp³-hybridized carbons (Fsp3) is 0.208. The van der Waals surface area contributed by atoms with E-state index in [1.165, 1.54) is 11.3 Å². The van der Waals surface area contributed by atoms with Gasteiger partial charge in [-0.15, -0.1) is 11.3 Å². The molecule has 0 aliphatic rings. The van der Waals surface area contributed by atoms with E-state index >= 15 is 0 Å². The summed E-state index contributed by atoms with van der Waals surface area (Å²) in [5.74, 6) is 1.40. The van der Waals surface area contributed by atoms with Gasteiger partial charge in [0.2, 0.25) is 4.80 Å². The lowest BCUT2D eigenvalue weighted by molar-refractivity contribution is 0.395. The van der Waals surface area contributed by atoms with E-state index in [1.807, 2.05) is 54.2 Å². The second-order valence-electron chi connectivity index (χ2n) is 6.93. The third-order valence-corrected chi connectivity index (χ3v) is 5.39. The zero-order valence-corrected chi connectivity index (χ0v) is 18.9. The van der Waals surface area contributed by atoms with Crippen LogP contribution >= 0.6 is 11.3 Å². The summed E-state index contributed by atoms with van der Waals surface area (Å²) >= 11 is 1.50. The van der Waals surface area contributed by atoms with Crippen molar-refractivity contribution in [1.29, 1.82) is 5.26 Å². The second-order valence-corrected chi connectivity index (χ2v) is 7.77. The minimum atomic E-state index is 0.519. The highest BCUT2D eigenvalue weighted by Crippen LogP contribution is 2.33. The maximum Gasteiger partial charge on any atom is 0.206 e. The van der Waals surface area contributed by atoms with Crippen molar-refractivity contribution in [1.82, 2.24) is 4.68 Å². The molecule has 0 fully saturated rings. The predicted molar refractivity (Wildman–Crippen MR) is 125 cm³/mol. The van der Waals surface area contributed by atoms with Crippen molar-refractivity contribution in [2.75, 3.05) is 20.8 Å². The molecule has 31 heavy (non-hydrogen) atoms. The van der Waals surface area contributed by atoms with E-state index in [-0.39, 0.29) is 0 Å². The number of hydrogen-bond donors (Lipinski definition) is 0. The van der Waals surface area contributed by atoms with Gasteiger partial charge in [0, 0.05) is 17.0 Å². The summed E-state index contributed by atoms with van der Waals surface area (Å²) < 4.78 is 12.8. The Hall–Kier alpha value is -3.63. The normalized spacial score (nSPS) is 11.8. The number of thiazole rings is 1. The van der Waals surface area contributed by atoms with Crippen molar-refractivity contribution >= 4 is 17.0 Å². The Balaban J connectivity index is 2.17. The van der Waals surface area contributed by atoms with Crippen LogP contribution < -0.4 is 14.3 Å². The Morgan fingerprint density at radius 3 is 2.48 bits per heavy atom. The SMILES string of the molecule is C=C(C)CN=c1scc(-c2ccc(OC)cc2OC)n1N=C(C)c1ccc(C#N)cc1. The first-order valence-corrected chi connectivity index (χ1v) is 10.5. The van der Waals surface area contributed by atoms with Gasteiger partial charge in [0.05, 0.1) is 43.8 Å². The Bertz CT molecular complexity index is 1230. The van der Waals surface area contributed by atoms with Gasteiger partial charge in [-0.25, -0.2) is 4.68 Å². The number of nitrogens with zero attached hydrogens (tertiary/aromatic N) is 4. The molecule has 0 atom stereocenters. The molecular weight excluding hydrogens is 408 g/mol. The number of rotatable bonds is 7. The third kappa shape index (κ3) is 5.11. The number of methoxy groups -OCH3 is 2. The van der Waals surface area contributed by atoms with Crippen LogP contribution in [0.3, 0.4) is 0 Å². The molecule has 2 aromatic carbocycles. The first-order valence-electron chi connectivity index (χ1n) is 9.60. The van der Waals surface area contributed by atoms with Crippen molar-refractivity contribution in [3.05, 3.63) is 75.9 Å². The number of benzene rings is 2. The van der Waals surface area contributed by atoms with E-state index in [0.29, 0.717) is 23.6 Å². The van der Waals surface area contributed by atoms with Crippen LogP contribution in [0, 0.1) is 11.3 Å². The number of nitriles is 1. The van der Waals surface area contributed by atoms with E-state index in [2.05, 4.69) is 17.6 Å². The summed E-state index contributed by atoms with van der Waals surface area (Å²) in [6.07, 6.45) is 0. The van der Waals surface area contributed by atoms with Gasteiger partial charge < -0.3 is 9.47 Å². The molecule has 3 rings (SSSR count). The van der Waals surface area contributed by atoms with Gasteiger partial charge in [0.15, 0.2) is 0 Å². The average Bonchev–Trinajstić information content (AvgIpc) is 3.19. The van der Waals surface area contributed by atoms with Gasteiger partial charge in [-0.1, -0.05) is 24.3 Å². The minimum absolute atomic E-state index is 0.519. The molecule has 7 heteroatoms. The van der Waals surface area contributed by atoms with Gasteiger partial charge in [-0.3, -0.25) is 4.99 Å². The van der Waals surface area contributed by atoms with E-state index in [9.17, 15) is 0 Å². The molecule has 1 aromatic heterocycles. The number of hydrogen-bond acceptors (Lipinski definition) is 6. The molecule has 0 radical (unpaired) electrons. The van der Waals surface area contributed by atoms with Crippen LogP contribution in [0.25, 0.3) is 11.3 Å². The Kier molecular flexibility index (Phi) is 7.06. The zero-order chi connectivity index (χ0) is 22.4. The van der Waals surface area contributed by atoms with Crippen LogP contribution in [0.2, 0.25) is 0 Å². The average molecular weight is 433 g/mol. The summed E-state index contributed by atoms with van der Waals surface area (Å²) in [4.78, 5) is 5.44. The lowest BCUT2D eigenvalue weighted by Crippen LogP contribution is -2.15. The van der Waals surface area contributed by atoms with Crippen LogP contribution in [0.4, 0.5) is 0 Å². The molecule has 158 valence electrons. The zero-order valence-electron chi connectivity index (χ0n) is 18.0. The highest BCUT2D eigenvalue weighted by atomic mass is 32.1. The van der Waals surface area contributed by atoms with Crippen molar-refractivity contribution in [2.24, 2.45) is 10.1 Å². The van der Waals surface area contributed by atoms with Gasteiger partial charge in [0.1, 0.15) is 11.5 Å². The van der Waals surface area contributed by atoms with Gasteiger partial charge in [-0.2, -0.15) is 10.4 Å². The van der Waals surface area contributed by atoms with Crippen molar-refractivity contribution in [3.63, 3.8) is 0 Å². The van der Waals surface area contributed by atoms with E-state index in [0.717, 1.165) is 32.9 Å². The monoisotopic (exact) mass is 432 g/mol. The molecule has 0 saturated heterocycles. The van der Waals surface area contributed by atoms with Crippen molar-refractivity contribution in [3.8, 4) is 28.8 Å². The summed E-state index contributed by atoms with van der Waals surface area (Å²) in [5.41, 5.74) is 5.05. The first-order chi connectivity index (χ1) is 15.0. The molecule has 6 nitrogen and oxygen atoms in total. The summed E-state index contributed by atoms with van der Waals surface area (Å²) in [6.45, 7) is 8.34. The van der Waals surface area contributed by atoms with Crippen LogP contribution in [-0.4, -0.2) is 31.2 Å². The Labute approximate surface area is 186 Å². The van der Waals surface area contributed by atoms with Crippen LogP contribution in [0.1, 0.15) is 25.0 Å². The second kappa shape index (κ2) is 9.92. The molecule has 0 aliphatic heterocycles. The number of ether oxygens (including phenoxy) is 2. The molecule has 0 amide bonds. The fourth-order valence-electron chi connectivity index (χ4n) is 2.90. The molecule has 0 aliphatic carbocycles. The maximum atomic E-state index is 9.04. The summed E-state index contributed by atoms with van der Waals surface area (Å²) in [6, 6.07) is 15.2. The largest absolute Gasteiger partial charge is 0.497 e. The number of aromatic nitrogens is 1. The predicted octanol–water partition coefficient (Wildman–Crippen LogP) is 4.85. The van der Waals surface area contributed by atoms with Crippen LogP contribution in [0.5, 0.6) is 11.5 Å². The first kappa shape index (κ1) is 22.1. The van der Waals surface area contributed by atoms with Crippen molar-refractivity contribution in [2.45, 2.75) is 13.8 Å². The van der Waals surface area contributed by atoms with E-state index in [4.69, 9.17) is 19.8 Å². The Morgan fingerprint density at radius 2 is 1.87 bits per heavy atom. The molecule has 0 spiro atoms. The van der Waals surface area contributed by atoms with Crippen LogP contribution in [-0.2, 0) is 0 Å². The highest BCUT2D eigenvalue weighted by molar-refractivity contribution is 7.07. The molecule has 3 aromatic rings.